The lowest BCUT2D eigenvalue weighted by atomic mass is 9.88. The van der Waals surface area contributed by atoms with Crippen LogP contribution in [0.2, 0.25) is 0 Å². The SMILES string of the molecule is Cc1ccc(CC(=O)NC(CO)CC(C)(C)C)cn1. The molecule has 1 heterocycles. The van der Waals surface area contributed by atoms with Gasteiger partial charge in [-0.25, -0.2) is 0 Å². The lowest BCUT2D eigenvalue weighted by Crippen LogP contribution is -2.40. The van der Waals surface area contributed by atoms with Gasteiger partial charge in [-0.2, -0.15) is 0 Å². The minimum Gasteiger partial charge on any atom is -0.394 e. The standard InChI is InChI=1S/C15H24N2O2/c1-11-5-6-12(9-16-11)7-14(19)17-13(10-18)8-15(2,3)4/h5-6,9,13,18H,7-8,10H2,1-4H3,(H,17,19). The first-order valence-corrected chi connectivity index (χ1v) is 6.62. The smallest absolute Gasteiger partial charge is 0.224 e. The van der Waals surface area contributed by atoms with Crippen LogP contribution in [0.1, 0.15) is 38.4 Å². The second-order valence-electron chi connectivity index (χ2n) is 6.20. The van der Waals surface area contributed by atoms with E-state index >= 15 is 0 Å². The number of carbonyl (C=O) groups excluding carboxylic acids is 1. The van der Waals surface area contributed by atoms with E-state index in [1.165, 1.54) is 0 Å². The van der Waals surface area contributed by atoms with Crippen molar-refractivity contribution in [2.24, 2.45) is 5.41 Å². The molecule has 0 bridgehead atoms. The molecule has 106 valence electrons. The van der Waals surface area contributed by atoms with Gasteiger partial charge in [-0.1, -0.05) is 26.8 Å². The number of rotatable bonds is 5. The number of aliphatic hydroxyl groups excluding tert-OH is 1. The largest absolute Gasteiger partial charge is 0.394 e. The van der Waals surface area contributed by atoms with E-state index in [0.717, 1.165) is 17.7 Å². The number of nitrogens with one attached hydrogen (secondary N) is 1. The zero-order chi connectivity index (χ0) is 14.5. The number of nitrogens with zero attached hydrogens (tertiary/aromatic N) is 1. The highest BCUT2D eigenvalue weighted by Gasteiger charge is 2.19. The van der Waals surface area contributed by atoms with Crippen molar-refractivity contribution in [3.05, 3.63) is 29.6 Å². The molecule has 0 aliphatic carbocycles. The summed E-state index contributed by atoms with van der Waals surface area (Å²) in [5, 5.41) is 12.2. The fourth-order valence-electron chi connectivity index (χ4n) is 1.97. The summed E-state index contributed by atoms with van der Waals surface area (Å²) in [6, 6.07) is 3.60. The van der Waals surface area contributed by atoms with Gasteiger partial charge in [0.1, 0.15) is 0 Å². The Morgan fingerprint density at radius 3 is 2.58 bits per heavy atom. The summed E-state index contributed by atoms with van der Waals surface area (Å²) in [4.78, 5) is 16.1. The molecule has 1 rings (SSSR count). The Bertz CT molecular complexity index is 407. The van der Waals surface area contributed by atoms with Crippen LogP contribution in [-0.4, -0.2) is 28.6 Å². The molecule has 0 aliphatic rings. The van der Waals surface area contributed by atoms with E-state index in [0.29, 0.717) is 6.42 Å². The van der Waals surface area contributed by atoms with Gasteiger partial charge in [0.05, 0.1) is 19.1 Å². The number of pyridine rings is 1. The van der Waals surface area contributed by atoms with Gasteiger partial charge in [-0.3, -0.25) is 9.78 Å². The van der Waals surface area contributed by atoms with E-state index in [2.05, 4.69) is 31.1 Å². The minimum atomic E-state index is -0.189. The van der Waals surface area contributed by atoms with Gasteiger partial charge in [-0.05, 0) is 30.4 Å². The first-order chi connectivity index (χ1) is 8.80. The lowest BCUT2D eigenvalue weighted by molar-refractivity contribution is -0.121. The molecular weight excluding hydrogens is 240 g/mol. The molecule has 0 fully saturated rings. The molecule has 1 aromatic heterocycles. The quantitative estimate of drug-likeness (QED) is 0.853. The Morgan fingerprint density at radius 2 is 2.11 bits per heavy atom. The monoisotopic (exact) mass is 264 g/mol. The van der Waals surface area contributed by atoms with E-state index in [9.17, 15) is 9.90 Å². The molecule has 4 heteroatoms. The molecule has 1 amide bonds. The van der Waals surface area contributed by atoms with Crippen molar-refractivity contribution in [1.29, 1.82) is 0 Å². The van der Waals surface area contributed by atoms with E-state index in [-0.39, 0.29) is 24.0 Å². The molecule has 0 saturated heterocycles. The fourth-order valence-corrected chi connectivity index (χ4v) is 1.97. The number of hydrogen-bond acceptors (Lipinski definition) is 3. The Labute approximate surface area is 115 Å². The van der Waals surface area contributed by atoms with Gasteiger partial charge < -0.3 is 10.4 Å². The van der Waals surface area contributed by atoms with Crippen LogP contribution in [0, 0.1) is 12.3 Å². The maximum Gasteiger partial charge on any atom is 0.224 e. The molecule has 0 aliphatic heterocycles. The van der Waals surface area contributed by atoms with Gasteiger partial charge in [0.15, 0.2) is 0 Å². The molecule has 1 atom stereocenters. The average molecular weight is 264 g/mol. The fraction of sp³-hybridized carbons (Fsp3) is 0.600. The first kappa shape index (κ1) is 15.6. The maximum absolute atomic E-state index is 11.9. The van der Waals surface area contributed by atoms with E-state index in [4.69, 9.17) is 0 Å². The van der Waals surface area contributed by atoms with Crippen LogP contribution in [0.25, 0.3) is 0 Å². The van der Waals surface area contributed by atoms with Crippen molar-refractivity contribution in [1.82, 2.24) is 10.3 Å². The number of aromatic nitrogens is 1. The third kappa shape index (κ3) is 6.34. The summed E-state index contributed by atoms with van der Waals surface area (Å²) in [6.45, 7) is 8.15. The highest BCUT2D eigenvalue weighted by Crippen LogP contribution is 2.20. The average Bonchev–Trinajstić information content (AvgIpc) is 2.29. The summed E-state index contributed by atoms with van der Waals surface area (Å²) in [5.74, 6) is -0.0750. The molecule has 1 aromatic rings. The Balaban J connectivity index is 2.51. The van der Waals surface area contributed by atoms with Crippen molar-refractivity contribution in [3.8, 4) is 0 Å². The zero-order valence-electron chi connectivity index (χ0n) is 12.2. The lowest BCUT2D eigenvalue weighted by Gasteiger charge is -2.25. The summed E-state index contributed by atoms with van der Waals surface area (Å²) >= 11 is 0. The van der Waals surface area contributed by atoms with Crippen molar-refractivity contribution in [3.63, 3.8) is 0 Å². The van der Waals surface area contributed by atoms with Gasteiger partial charge in [0.2, 0.25) is 5.91 Å². The number of aryl methyl sites for hydroxylation is 1. The van der Waals surface area contributed by atoms with Gasteiger partial charge in [0, 0.05) is 11.9 Å². The third-order valence-corrected chi connectivity index (χ3v) is 2.78. The molecule has 0 spiro atoms. The predicted molar refractivity (Wildman–Crippen MR) is 75.8 cm³/mol. The van der Waals surface area contributed by atoms with Crippen LogP contribution in [0.15, 0.2) is 18.3 Å². The van der Waals surface area contributed by atoms with Crippen molar-refractivity contribution >= 4 is 5.91 Å². The predicted octanol–water partition coefficient (Wildman–Crippen LogP) is 1.85. The highest BCUT2D eigenvalue weighted by molar-refractivity contribution is 5.78. The molecule has 1 unspecified atom stereocenters. The number of aliphatic hydroxyl groups is 1. The van der Waals surface area contributed by atoms with E-state index < -0.39 is 0 Å². The van der Waals surface area contributed by atoms with Gasteiger partial charge in [-0.15, -0.1) is 0 Å². The molecule has 19 heavy (non-hydrogen) atoms. The Hall–Kier alpha value is -1.42. The molecule has 0 aromatic carbocycles. The zero-order valence-corrected chi connectivity index (χ0v) is 12.2. The second kappa shape index (κ2) is 6.66. The first-order valence-electron chi connectivity index (χ1n) is 6.62. The molecular formula is C15H24N2O2. The summed E-state index contributed by atoms with van der Waals surface area (Å²) < 4.78 is 0. The summed E-state index contributed by atoms with van der Waals surface area (Å²) in [5.41, 5.74) is 1.90. The van der Waals surface area contributed by atoms with Gasteiger partial charge >= 0.3 is 0 Å². The third-order valence-electron chi connectivity index (χ3n) is 2.78. The molecule has 4 nitrogen and oxygen atoms in total. The maximum atomic E-state index is 11.9. The van der Waals surface area contributed by atoms with E-state index in [1.807, 2.05) is 19.1 Å². The summed E-state index contributed by atoms with van der Waals surface area (Å²) in [7, 11) is 0. The highest BCUT2D eigenvalue weighted by atomic mass is 16.3. The van der Waals surface area contributed by atoms with Crippen LogP contribution in [0.5, 0.6) is 0 Å². The number of amides is 1. The van der Waals surface area contributed by atoms with Gasteiger partial charge in [0.25, 0.3) is 0 Å². The Kier molecular flexibility index (Phi) is 5.48. The van der Waals surface area contributed by atoms with Crippen molar-refractivity contribution in [2.45, 2.75) is 46.6 Å². The van der Waals surface area contributed by atoms with Crippen molar-refractivity contribution < 1.29 is 9.90 Å². The molecule has 0 radical (unpaired) electrons. The minimum absolute atomic E-state index is 0.0326. The number of carbonyl (C=O) groups is 1. The Morgan fingerprint density at radius 1 is 1.42 bits per heavy atom. The topological polar surface area (TPSA) is 62.2 Å². The normalized spacial score (nSPS) is 13.1. The van der Waals surface area contributed by atoms with Crippen LogP contribution in [-0.2, 0) is 11.2 Å². The molecule has 2 N–H and O–H groups in total. The van der Waals surface area contributed by atoms with Crippen LogP contribution >= 0.6 is 0 Å². The molecule has 0 saturated carbocycles. The van der Waals surface area contributed by atoms with E-state index in [1.54, 1.807) is 6.20 Å². The van der Waals surface area contributed by atoms with Crippen molar-refractivity contribution in [2.75, 3.05) is 6.61 Å². The van der Waals surface area contributed by atoms with Crippen LogP contribution in [0.4, 0.5) is 0 Å². The summed E-state index contributed by atoms with van der Waals surface area (Å²) in [6.07, 6.45) is 2.77. The van der Waals surface area contributed by atoms with Crippen LogP contribution in [0.3, 0.4) is 0 Å². The van der Waals surface area contributed by atoms with Crippen LogP contribution < -0.4 is 5.32 Å². The second-order valence-corrected chi connectivity index (χ2v) is 6.20. The number of hydrogen-bond donors (Lipinski definition) is 2.